The highest BCUT2D eigenvalue weighted by atomic mass is 35.5. The minimum absolute atomic E-state index is 0.210. The number of anilines is 1. The lowest BCUT2D eigenvalue weighted by Crippen LogP contribution is -2.48. The first kappa shape index (κ1) is 17.5. The average Bonchev–Trinajstić information content (AvgIpc) is 3.20. The standard InChI is InChI=1S/C21H25ClN2O2/c1-15-14-17(15)20-8-6-16(26-20)7-9-21(25)24-12-10-23(11-13-24)19-5-3-2-4-18(19)22/h2-6,8,15,17H,7,9-14H2,1H3/t15-,17-/m0/s1. The van der Waals surface area contributed by atoms with Crippen molar-refractivity contribution in [3.05, 3.63) is 52.9 Å². The molecule has 138 valence electrons. The summed E-state index contributed by atoms with van der Waals surface area (Å²) in [4.78, 5) is 16.7. The number of rotatable bonds is 5. The maximum atomic E-state index is 12.5. The molecule has 0 N–H and O–H groups in total. The van der Waals surface area contributed by atoms with Gasteiger partial charge in [0.15, 0.2) is 0 Å². The summed E-state index contributed by atoms with van der Waals surface area (Å²) in [6.45, 7) is 5.37. The normalized spacial score (nSPS) is 22.5. The Labute approximate surface area is 159 Å². The molecule has 1 aliphatic carbocycles. The number of hydrogen-bond donors (Lipinski definition) is 0. The largest absolute Gasteiger partial charge is 0.466 e. The number of hydrogen-bond acceptors (Lipinski definition) is 3. The molecule has 2 fully saturated rings. The van der Waals surface area contributed by atoms with Crippen molar-refractivity contribution in [1.82, 2.24) is 4.90 Å². The zero-order chi connectivity index (χ0) is 18.1. The van der Waals surface area contributed by atoms with Crippen LogP contribution in [0.2, 0.25) is 5.02 Å². The second-order valence-electron chi connectivity index (χ2n) is 7.44. The van der Waals surface area contributed by atoms with Crippen molar-refractivity contribution in [3.63, 3.8) is 0 Å². The van der Waals surface area contributed by atoms with Gasteiger partial charge in [-0.05, 0) is 36.6 Å². The lowest BCUT2D eigenvalue weighted by molar-refractivity contribution is -0.131. The van der Waals surface area contributed by atoms with Gasteiger partial charge in [0, 0.05) is 44.9 Å². The van der Waals surface area contributed by atoms with Crippen LogP contribution in [-0.2, 0) is 11.2 Å². The molecule has 2 aliphatic rings. The molecule has 4 rings (SSSR count). The first-order valence-corrected chi connectivity index (χ1v) is 9.85. The predicted molar refractivity (Wildman–Crippen MR) is 104 cm³/mol. The molecule has 1 saturated heterocycles. The van der Waals surface area contributed by atoms with Crippen LogP contribution in [0.1, 0.15) is 37.2 Å². The Kier molecular flexibility index (Phi) is 4.94. The maximum absolute atomic E-state index is 12.5. The summed E-state index contributed by atoms with van der Waals surface area (Å²) in [6.07, 6.45) is 2.42. The highest BCUT2D eigenvalue weighted by Crippen LogP contribution is 2.47. The molecule has 2 atom stereocenters. The van der Waals surface area contributed by atoms with E-state index in [9.17, 15) is 4.79 Å². The molecule has 1 aromatic heterocycles. The van der Waals surface area contributed by atoms with Crippen LogP contribution in [0.25, 0.3) is 0 Å². The number of benzene rings is 1. The number of carbonyl (C=O) groups is 1. The van der Waals surface area contributed by atoms with Crippen molar-refractivity contribution in [2.75, 3.05) is 31.1 Å². The molecule has 0 bridgehead atoms. The number of amides is 1. The molecule has 1 aromatic carbocycles. The van der Waals surface area contributed by atoms with Crippen molar-refractivity contribution in [3.8, 4) is 0 Å². The monoisotopic (exact) mass is 372 g/mol. The SMILES string of the molecule is C[C@H]1C[C@@H]1c1ccc(CCC(=O)N2CCN(c3ccccc3Cl)CC2)o1. The van der Waals surface area contributed by atoms with Crippen molar-refractivity contribution >= 4 is 23.2 Å². The molecular formula is C21H25ClN2O2. The maximum Gasteiger partial charge on any atom is 0.223 e. The fraction of sp³-hybridized carbons (Fsp3) is 0.476. The Morgan fingerprint density at radius 1 is 1.15 bits per heavy atom. The molecular weight excluding hydrogens is 348 g/mol. The van der Waals surface area contributed by atoms with Gasteiger partial charge in [-0.25, -0.2) is 0 Å². The highest BCUT2D eigenvalue weighted by Gasteiger charge is 2.36. The average molecular weight is 373 g/mol. The fourth-order valence-electron chi connectivity index (χ4n) is 3.74. The van der Waals surface area contributed by atoms with E-state index in [0.29, 0.717) is 18.8 Å². The van der Waals surface area contributed by atoms with E-state index < -0.39 is 0 Å². The summed E-state index contributed by atoms with van der Waals surface area (Å²) in [6, 6.07) is 12.0. The second kappa shape index (κ2) is 7.36. The number of aryl methyl sites for hydroxylation is 1. The highest BCUT2D eigenvalue weighted by molar-refractivity contribution is 6.33. The number of nitrogens with zero attached hydrogens (tertiary/aromatic N) is 2. The lowest BCUT2D eigenvalue weighted by Gasteiger charge is -2.36. The molecule has 2 aromatic rings. The molecule has 1 amide bonds. The van der Waals surface area contributed by atoms with Crippen LogP contribution in [0.3, 0.4) is 0 Å². The smallest absolute Gasteiger partial charge is 0.223 e. The van der Waals surface area contributed by atoms with Gasteiger partial charge >= 0.3 is 0 Å². The number of para-hydroxylation sites is 1. The Morgan fingerprint density at radius 2 is 1.88 bits per heavy atom. The van der Waals surface area contributed by atoms with E-state index in [1.807, 2.05) is 35.2 Å². The topological polar surface area (TPSA) is 36.7 Å². The number of halogens is 1. The molecule has 0 unspecified atom stereocenters. The van der Waals surface area contributed by atoms with E-state index in [0.717, 1.165) is 54.3 Å². The van der Waals surface area contributed by atoms with E-state index in [1.54, 1.807) is 0 Å². The fourth-order valence-corrected chi connectivity index (χ4v) is 4.00. The van der Waals surface area contributed by atoms with Gasteiger partial charge in [0.2, 0.25) is 5.91 Å². The summed E-state index contributed by atoms with van der Waals surface area (Å²) in [5.41, 5.74) is 1.05. The number of carbonyl (C=O) groups excluding carboxylic acids is 1. The van der Waals surface area contributed by atoms with E-state index in [4.69, 9.17) is 16.0 Å². The van der Waals surface area contributed by atoms with Crippen LogP contribution in [0.4, 0.5) is 5.69 Å². The molecule has 1 aliphatic heterocycles. The summed E-state index contributed by atoms with van der Waals surface area (Å²) in [7, 11) is 0. The molecule has 0 radical (unpaired) electrons. The van der Waals surface area contributed by atoms with E-state index in [2.05, 4.69) is 17.9 Å². The van der Waals surface area contributed by atoms with Gasteiger partial charge < -0.3 is 14.2 Å². The van der Waals surface area contributed by atoms with Gasteiger partial charge in [-0.2, -0.15) is 0 Å². The molecule has 4 nitrogen and oxygen atoms in total. The van der Waals surface area contributed by atoms with Crippen molar-refractivity contribution in [2.45, 2.75) is 32.1 Å². The van der Waals surface area contributed by atoms with Crippen molar-refractivity contribution in [1.29, 1.82) is 0 Å². The first-order valence-electron chi connectivity index (χ1n) is 9.47. The quantitative estimate of drug-likeness (QED) is 0.783. The van der Waals surface area contributed by atoms with Crippen LogP contribution in [0.5, 0.6) is 0 Å². The van der Waals surface area contributed by atoms with Crippen molar-refractivity contribution in [2.24, 2.45) is 5.92 Å². The van der Waals surface area contributed by atoms with Gasteiger partial charge in [-0.3, -0.25) is 4.79 Å². The third kappa shape index (κ3) is 3.75. The van der Waals surface area contributed by atoms with E-state index >= 15 is 0 Å². The molecule has 0 spiro atoms. The zero-order valence-electron chi connectivity index (χ0n) is 15.2. The first-order chi connectivity index (χ1) is 12.6. The van der Waals surface area contributed by atoms with Crippen molar-refractivity contribution < 1.29 is 9.21 Å². The number of furan rings is 1. The Bertz CT molecular complexity index is 780. The van der Waals surface area contributed by atoms with Crippen LogP contribution in [-0.4, -0.2) is 37.0 Å². The molecule has 2 heterocycles. The predicted octanol–water partition coefficient (Wildman–Crippen LogP) is 4.34. The molecule has 5 heteroatoms. The lowest BCUT2D eigenvalue weighted by atomic mass is 10.2. The van der Waals surface area contributed by atoms with Crippen LogP contribution >= 0.6 is 11.6 Å². The molecule has 26 heavy (non-hydrogen) atoms. The second-order valence-corrected chi connectivity index (χ2v) is 7.85. The Hall–Kier alpha value is -1.94. The van der Waals surface area contributed by atoms with E-state index in [-0.39, 0.29) is 5.91 Å². The summed E-state index contributed by atoms with van der Waals surface area (Å²) < 4.78 is 5.91. The summed E-state index contributed by atoms with van der Waals surface area (Å²) in [5.74, 6) is 3.57. The minimum atomic E-state index is 0.210. The van der Waals surface area contributed by atoms with E-state index in [1.165, 1.54) is 6.42 Å². The van der Waals surface area contributed by atoms with Crippen LogP contribution in [0.15, 0.2) is 40.8 Å². The number of piperazine rings is 1. The van der Waals surface area contributed by atoms with Gasteiger partial charge in [0.05, 0.1) is 10.7 Å². The summed E-state index contributed by atoms with van der Waals surface area (Å²) in [5, 5.41) is 0.769. The van der Waals surface area contributed by atoms with Gasteiger partial charge in [0.1, 0.15) is 11.5 Å². The van der Waals surface area contributed by atoms with Crippen LogP contribution < -0.4 is 4.90 Å². The molecule has 1 saturated carbocycles. The van der Waals surface area contributed by atoms with Crippen LogP contribution in [0, 0.1) is 5.92 Å². The Morgan fingerprint density at radius 3 is 2.58 bits per heavy atom. The summed E-state index contributed by atoms with van der Waals surface area (Å²) >= 11 is 6.28. The third-order valence-electron chi connectivity index (χ3n) is 5.57. The van der Waals surface area contributed by atoms with Gasteiger partial charge in [-0.1, -0.05) is 30.7 Å². The van der Waals surface area contributed by atoms with Gasteiger partial charge in [-0.15, -0.1) is 0 Å². The minimum Gasteiger partial charge on any atom is -0.466 e. The Balaban J connectivity index is 1.26. The van der Waals surface area contributed by atoms with Gasteiger partial charge in [0.25, 0.3) is 0 Å². The third-order valence-corrected chi connectivity index (χ3v) is 5.89. The zero-order valence-corrected chi connectivity index (χ0v) is 15.9.